The van der Waals surface area contributed by atoms with Gasteiger partial charge in [-0.05, 0) is 32.0 Å². The van der Waals surface area contributed by atoms with Crippen LogP contribution < -0.4 is 4.74 Å². The van der Waals surface area contributed by atoms with E-state index in [2.05, 4.69) is 9.97 Å². The maximum Gasteiger partial charge on any atom is 0.150 e. The molecule has 0 saturated carbocycles. The molecule has 0 amide bonds. The molecule has 3 aromatic rings. The van der Waals surface area contributed by atoms with E-state index in [-0.39, 0.29) is 6.10 Å². The van der Waals surface area contributed by atoms with Gasteiger partial charge in [-0.3, -0.25) is 4.79 Å². The number of benzene rings is 2. The van der Waals surface area contributed by atoms with E-state index >= 15 is 0 Å². The van der Waals surface area contributed by atoms with Crippen LogP contribution in [0.15, 0.2) is 42.5 Å². The predicted octanol–water partition coefficient (Wildman–Crippen LogP) is 4.05. The fourth-order valence-electron chi connectivity index (χ4n) is 2.67. The molecule has 1 heterocycles. The van der Waals surface area contributed by atoms with Crippen LogP contribution in [-0.2, 0) is 11.3 Å². The van der Waals surface area contributed by atoms with E-state index in [1.54, 1.807) is 18.2 Å². The van der Waals surface area contributed by atoms with E-state index in [4.69, 9.17) is 9.47 Å². The molecule has 1 atom stereocenters. The summed E-state index contributed by atoms with van der Waals surface area (Å²) in [5, 5.41) is 0. The molecule has 0 radical (unpaired) electrons. The van der Waals surface area contributed by atoms with Crippen molar-refractivity contribution in [2.75, 3.05) is 6.61 Å². The van der Waals surface area contributed by atoms with Crippen LogP contribution in [0, 0.1) is 0 Å². The summed E-state index contributed by atoms with van der Waals surface area (Å²) in [5.41, 5.74) is 3.50. The lowest BCUT2D eigenvalue weighted by Gasteiger charge is -2.11. The first-order chi connectivity index (χ1) is 11.7. The van der Waals surface area contributed by atoms with Crippen LogP contribution >= 0.6 is 0 Å². The van der Waals surface area contributed by atoms with Crippen LogP contribution in [0.2, 0.25) is 0 Å². The fraction of sp³-hybridized carbons (Fsp3) is 0.263. The number of hydrogen-bond acceptors (Lipinski definition) is 4. The zero-order valence-corrected chi connectivity index (χ0v) is 13.8. The maximum atomic E-state index is 10.8. The van der Waals surface area contributed by atoms with Gasteiger partial charge < -0.3 is 14.5 Å². The number of nitrogens with one attached hydrogen (secondary N) is 1. The number of imidazole rings is 1. The monoisotopic (exact) mass is 324 g/mol. The van der Waals surface area contributed by atoms with Crippen LogP contribution in [0.1, 0.15) is 41.7 Å². The van der Waals surface area contributed by atoms with Crippen molar-refractivity contribution in [1.29, 1.82) is 0 Å². The Labute approximate surface area is 140 Å². The molecule has 0 saturated heterocycles. The third-order valence-electron chi connectivity index (χ3n) is 3.82. The quantitative estimate of drug-likeness (QED) is 0.666. The van der Waals surface area contributed by atoms with Gasteiger partial charge >= 0.3 is 0 Å². The summed E-state index contributed by atoms with van der Waals surface area (Å²) >= 11 is 0. The highest BCUT2D eigenvalue weighted by Crippen LogP contribution is 2.25. The molecule has 1 N–H and O–H groups in total. The zero-order valence-electron chi connectivity index (χ0n) is 13.8. The predicted molar refractivity (Wildman–Crippen MR) is 92.3 cm³/mol. The van der Waals surface area contributed by atoms with Gasteiger partial charge in [0.15, 0.2) is 0 Å². The Hall–Kier alpha value is -2.66. The SMILES string of the molecule is CCOC(C)c1cccc2[nH]c(COc3cccc(C=O)c3)nc12. The van der Waals surface area contributed by atoms with Gasteiger partial charge in [-0.25, -0.2) is 4.98 Å². The second-order valence-corrected chi connectivity index (χ2v) is 5.50. The smallest absolute Gasteiger partial charge is 0.150 e. The van der Waals surface area contributed by atoms with Gasteiger partial charge in [0.25, 0.3) is 0 Å². The maximum absolute atomic E-state index is 10.8. The number of aromatic nitrogens is 2. The second-order valence-electron chi connectivity index (χ2n) is 5.50. The Morgan fingerprint density at radius 3 is 2.88 bits per heavy atom. The molecule has 0 fully saturated rings. The molecule has 0 bridgehead atoms. The van der Waals surface area contributed by atoms with Crippen LogP contribution in [-0.4, -0.2) is 22.9 Å². The third-order valence-corrected chi connectivity index (χ3v) is 3.82. The Morgan fingerprint density at radius 2 is 2.08 bits per heavy atom. The first-order valence-corrected chi connectivity index (χ1v) is 7.98. The molecule has 5 heteroatoms. The van der Waals surface area contributed by atoms with Gasteiger partial charge in [0, 0.05) is 17.7 Å². The standard InChI is InChI=1S/C19H20N2O3/c1-3-23-13(2)16-8-5-9-17-19(16)21-18(20-17)12-24-15-7-4-6-14(10-15)11-22/h4-11,13H,3,12H2,1-2H3,(H,20,21). The first-order valence-electron chi connectivity index (χ1n) is 7.98. The average molecular weight is 324 g/mol. The van der Waals surface area contributed by atoms with Crippen molar-refractivity contribution in [2.24, 2.45) is 0 Å². The van der Waals surface area contributed by atoms with Gasteiger partial charge in [-0.1, -0.05) is 24.3 Å². The minimum absolute atomic E-state index is 0.0139. The molecule has 0 aliphatic carbocycles. The summed E-state index contributed by atoms with van der Waals surface area (Å²) in [6.07, 6.45) is 0.787. The minimum Gasteiger partial charge on any atom is -0.486 e. The summed E-state index contributed by atoms with van der Waals surface area (Å²) in [6.45, 7) is 4.96. The number of carbonyl (C=O) groups excluding carboxylic acids is 1. The number of fused-ring (bicyclic) bond motifs is 1. The summed E-state index contributed by atoms with van der Waals surface area (Å²) in [6, 6.07) is 13.1. The lowest BCUT2D eigenvalue weighted by molar-refractivity contribution is 0.0773. The van der Waals surface area contributed by atoms with Crippen molar-refractivity contribution in [2.45, 2.75) is 26.6 Å². The van der Waals surface area contributed by atoms with E-state index in [0.717, 1.165) is 28.7 Å². The normalized spacial score (nSPS) is 12.2. The van der Waals surface area contributed by atoms with Gasteiger partial charge in [0.05, 0.1) is 17.1 Å². The summed E-state index contributed by atoms with van der Waals surface area (Å²) in [5.74, 6) is 1.38. The van der Waals surface area contributed by atoms with Crippen LogP contribution in [0.25, 0.3) is 11.0 Å². The lowest BCUT2D eigenvalue weighted by atomic mass is 10.1. The highest BCUT2D eigenvalue weighted by Gasteiger charge is 2.13. The van der Waals surface area contributed by atoms with Crippen molar-refractivity contribution in [3.05, 3.63) is 59.4 Å². The number of nitrogens with zero attached hydrogens (tertiary/aromatic N) is 1. The number of rotatable bonds is 7. The van der Waals surface area contributed by atoms with Gasteiger partial charge in [-0.2, -0.15) is 0 Å². The number of hydrogen-bond donors (Lipinski definition) is 1. The van der Waals surface area contributed by atoms with E-state index in [9.17, 15) is 4.79 Å². The number of carbonyl (C=O) groups is 1. The number of H-pyrrole nitrogens is 1. The van der Waals surface area contributed by atoms with Gasteiger partial charge in [0.1, 0.15) is 24.5 Å². The van der Waals surface area contributed by atoms with Gasteiger partial charge in [-0.15, -0.1) is 0 Å². The molecule has 1 unspecified atom stereocenters. The molecule has 0 aliphatic heterocycles. The molecule has 5 nitrogen and oxygen atoms in total. The lowest BCUT2D eigenvalue weighted by Crippen LogP contribution is -2.00. The number of para-hydroxylation sites is 1. The molecule has 124 valence electrons. The number of ether oxygens (including phenoxy) is 2. The largest absolute Gasteiger partial charge is 0.486 e. The van der Waals surface area contributed by atoms with E-state index < -0.39 is 0 Å². The number of aromatic amines is 1. The van der Waals surface area contributed by atoms with Crippen LogP contribution in [0.5, 0.6) is 5.75 Å². The second kappa shape index (κ2) is 7.27. The molecular formula is C19H20N2O3. The Kier molecular flexibility index (Phi) is 4.91. The van der Waals surface area contributed by atoms with E-state index in [1.807, 2.05) is 38.1 Å². The zero-order chi connectivity index (χ0) is 16.9. The molecule has 1 aromatic heterocycles. The van der Waals surface area contributed by atoms with Crippen molar-refractivity contribution in [3.8, 4) is 5.75 Å². The fourth-order valence-corrected chi connectivity index (χ4v) is 2.67. The van der Waals surface area contributed by atoms with E-state index in [1.165, 1.54) is 0 Å². The van der Waals surface area contributed by atoms with Crippen molar-refractivity contribution in [3.63, 3.8) is 0 Å². The summed E-state index contributed by atoms with van der Waals surface area (Å²) in [7, 11) is 0. The molecule has 0 aliphatic rings. The molecule has 3 rings (SSSR count). The third kappa shape index (κ3) is 3.46. The topological polar surface area (TPSA) is 64.2 Å². The van der Waals surface area contributed by atoms with Gasteiger partial charge in [0.2, 0.25) is 0 Å². The molecule has 24 heavy (non-hydrogen) atoms. The Bertz CT molecular complexity index is 841. The van der Waals surface area contributed by atoms with Crippen molar-refractivity contribution < 1.29 is 14.3 Å². The molecular weight excluding hydrogens is 304 g/mol. The molecule has 0 spiro atoms. The van der Waals surface area contributed by atoms with Crippen LogP contribution in [0.3, 0.4) is 0 Å². The van der Waals surface area contributed by atoms with Crippen molar-refractivity contribution in [1.82, 2.24) is 9.97 Å². The minimum atomic E-state index is -0.0139. The van der Waals surface area contributed by atoms with Crippen LogP contribution in [0.4, 0.5) is 0 Å². The van der Waals surface area contributed by atoms with E-state index in [0.29, 0.717) is 24.5 Å². The summed E-state index contributed by atoms with van der Waals surface area (Å²) in [4.78, 5) is 18.7. The van der Waals surface area contributed by atoms with Crippen molar-refractivity contribution >= 4 is 17.3 Å². The average Bonchev–Trinajstić information content (AvgIpc) is 3.03. The highest BCUT2D eigenvalue weighted by atomic mass is 16.5. The summed E-state index contributed by atoms with van der Waals surface area (Å²) < 4.78 is 11.4. The highest BCUT2D eigenvalue weighted by molar-refractivity contribution is 5.79. The Balaban J connectivity index is 1.80. The number of aldehydes is 1. The Morgan fingerprint density at radius 1 is 1.25 bits per heavy atom. The first kappa shape index (κ1) is 16.2. The molecule has 2 aromatic carbocycles.